The fourth-order valence-corrected chi connectivity index (χ4v) is 1.56. The highest BCUT2D eigenvalue weighted by molar-refractivity contribution is 9.10. The standard InChI is InChI=1S/C9H11BrClNO2/c10-6-3-5(1-2-7(6)11)9(14)8(12)4-13/h1-3,8-9,13-14H,4,12H2. The van der Waals surface area contributed by atoms with Gasteiger partial charge < -0.3 is 15.9 Å². The summed E-state index contributed by atoms with van der Waals surface area (Å²) in [6.07, 6.45) is -0.881. The number of aliphatic hydroxyl groups excluding tert-OH is 2. The van der Waals surface area contributed by atoms with Crippen LogP contribution >= 0.6 is 27.5 Å². The van der Waals surface area contributed by atoms with Gasteiger partial charge in [-0.3, -0.25) is 0 Å². The smallest absolute Gasteiger partial charge is 0.0963 e. The Balaban J connectivity index is 2.91. The highest BCUT2D eigenvalue weighted by Crippen LogP contribution is 2.26. The Hall–Kier alpha value is -0.130. The van der Waals surface area contributed by atoms with E-state index in [-0.39, 0.29) is 6.61 Å². The molecule has 0 aliphatic heterocycles. The van der Waals surface area contributed by atoms with E-state index in [9.17, 15) is 5.11 Å². The number of aliphatic hydroxyl groups is 2. The van der Waals surface area contributed by atoms with Gasteiger partial charge in [-0.15, -0.1) is 0 Å². The minimum absolute atomic E-state index is 0.262. The Kier molecular flexibility index (Phi) is 4.34. The van der Waals surface area contributed by atoms with Crippen molar-refractivity contribution in [3.8, 4) is 0 Å². The molecule has 2 unspecified atom stereocenters. The van der Waals surface area contributed by atoms with Gasteiger partial charge in [0, 0.05) is 4.47 Å². The van der Waals surface area contributed by atoms with Crippen LogP contribution in [0.5, 0.6) is 0 Å². The molecule has 0 bridgehead atoms. The van der Waals surface area contributed by atoms with Gasteiger partial charge >= 0.3 is 0 Å². The third-order valence-electron chi connectivity index (χ3n) is 1.90. The van der Waals surface area contributed by atoms with Gasteiger partial charge in [0.05, 0.1) is 23.8 Å². The normalized spacial score (nSPS) is 15.2. The van der Waals surface area contributed by atoms with E-state index in [1.807, 2.05) is 0 Å². The van der Waals surface area contributed by atoms with Gasteiger partial charge in [0.1, 0.15) is 0 Å². The molecule has 3 nitrogen and oxygen atoms in total. The van der Waals surface area contributed by atoms with Gasteiger partial charge in [0.25, 0.3) is 0 Å². The Bertz CT molecular complexity index is 322. The van der Waals surface area contributed by atoms with E-state index in [1.54, 1.807) is 18.2 Å². The van der Waals surface area contributed by atoms with E-state index in [0.29, 0.717) is 15.1 Å². The first-order valence-corrected chi connectivity index (χ1v) is 5.22. The Morgan fingerprint density at radius 1 is 1.50 bits per heavy atom. The number of rotatable bonds is 3. The average molecular weight is 281 g/mol. The molecule has 1 rings (SSSR count). The Morgan fingerprint density at radius 2 is 2.14 bits per heavy atom. The van der Waals surface area contributed by atoms with Crippen molar-refractivity contribution < 1.29 is 10.2 Å². The SMILES string of the molecule is NC(CO)C(O)c1ccc(Cl)c(Br)c1. The lowest BCUT2D eigenvalue weighted by Gasteiger charge is -2.17. The zero-order valence-electron chi connectivity index (χ0n) is 7.32. The van der Waals surface area contributed by atoms with Gasteiger partial charge in [-0.2, -0.15) is 0 Å². The summed E-state index contributed by atoms with van der Waals surface area (Å²) in [7, 11) is 0. The zero-order valence-corrected chi connectivity index (χ0v) is 9.66. The molecule has 0 saturated carbocycles. The number of benzene rings is 1. The van der Waals surface area contributed by atoms with Gasteiger partial charge in [-0.25, -0.2) is 0 Å². The van der Waals surface area contributed by atoms with Crippen LogP contribution in [0.2, 0.25) is 5.02 Å². The number of hydrogen-bond donors (Lipinski definition) is 3. The Labute approximate surface area is 95.6 Å². The third kappa shape index (κ3) is 2.68. The summed E-state index contributed by atoms with van der Waals surface area (Å²) in [6, 6.07) is 4.34. The van der Waals surface area contributed by atoms with Crippen LogP contribution in [0.1, 0.15) is 11.7 Å². The summed E-state index contributed by atoms with van der Waals surface area (Å²) in [6.45, 7) is -0.262. The fourth-order valence-electron chi connectivity index (χ4n) is 1.04. The molecule has 0 radical (unpaired) electrons. The van der Waals surface area contributed by atoms with Crippen molar-refractivity contribution in [1.82, 2.24) is 0 Å². The molecule has 5 heteroatoms. The summed E-state index contributed by atoms with van der Waals surface area (Å²) >= 11 is 9.03. The molecule has 14 heavy (non-hydrogen) atoms. The molecule has 2 atom stereocenters. The molecule has 0 heterocycles. The third-order valence-corrected chi connectivity index (χ3v) is 3.12. The highest BCUT2D eigenvalue weighted by atomic mass is 79.9. The van der Waals surface area contributed by atoms with Crippen LogP contribution in [-0.2, 0) is 0 Å². The van der Waals surface area contributed by atoms with Gasteiger partial charge in [0.2, 0.25) is 0 Å². The molecule has 0 aromatic heterocycles. The molecule has 1 aromatic rings. The predicted molar refractivity (Wildman–Crippen MR) is 59.2 cm³/mol. The number of nitrogens with two attached hydrogens (primary N) is 1. The zero-order chi connectivity index (χ0) is 10.7. The van der Waals surface area contributed by atoms with Crippen molar-refractivity contribution in [2.24, 2.45) is 5.73 Å². The summed E-state index contributed by atoms with van der Waals surface area (Å²) in [4.78, 5) is 0. The van der Waals surface area contributed by atoms with Gasteiger partial charge in [-0.05, 0) is 33.6 Å². The van der Waals surface area contributed by atoms with E-state index >= 15 is 0 Å². The van der Waals surface area contributed by atoms with Crippen molar-refractivity contribution >= 4 is 27.5 Å². The highest BCUT2D eigenvalue weighted by Gasteiger charge is 2.16. The molecule has 0 amide bonds. The first-order chi connectivity index (χ1) is 6.56. The van der Waals surface area contributed by atoms with Gasteiger partial charge in [-0.1, -0.05) is 17.7 Å². The number of hydrogen-bond acceptors (Lipinski definition) is 3. The average Bonchev–Trinajstić information content (AvgIpc) is 2.20. The lowest BCUT2D eigenvalue weighted by molar-refractivity contribution is 0.109. The number of halogens is 2. The summed E-state index contributed by atoms with van der Waals surface area (Å²) in [5.41, 5.74) is 6.12. The van der Waals surface area contributed by atoms with E-state index in [1.165, 1.54) is 0 Å². The fraction of sp³-hybridized carbons (Fsp3) is 0.333. The topological polar surface area (TPSA) is 66.5 Å². The second kappa shape index (κ2) is 5.09. The monoisotopic (exact) mass is 279 g/mol. The predicted octanol–water partition coefficient (Wildman–Crippen LogP) is 1.46. The minimum Gasteiger partial charge on any atom is -0.395 e. The molecule has 78 valence electrons. The van der Waals surface area contributed by atoms with Crippen LogP contribution in [0.3, 0.4) is 0 Å². The van der Waals surface area contributed by atoms with E-state index in [0.717, 1.165) is 0 Å². The van der Waals surface area contributed by atoms with Crippen LogP contribution in [0.15, 0.2) is 22.7 Å². The second-order valence-electron chi connectivity index (χ2n) is 2.96. The maximum atomic E-state index is 9.66. The van der Waals surface area contributed by atoms with Crippen molar-refractivity contribution in [1.29, 1.82) is 0 Å². The first kappa shape index (κ1) is 11.9. The lowest BCUT2D eigenvalue weighted by Crippen LogP contribution is -2.31. The molecule has 0 saturated heterocycles. The Morgan fingerprint density at radius 3 is 2.64 bits per heavy atom. The largest absolute Gasteiger partial charge is 0.395 e. The quantitative estimate of drug-likeness (QED) is 0.785. The molecule has 4 N–H and O–H groups in total. The molecule has 0 fully saturated rings. The second-order valence-corrected chi connectivity index (χ2v) is 4.23. The maximum absolute atomic E-state index is 9.66. The van der Waals surface area contributed by atoms with E-state index in [2.05, 4.69) is 15.9 Å². The molecule has 0 aliphatic rings. The minimum atomic E-state index is -0.881. The van der Waals surface area contributed by atoms with Crippen molar-refractivity contribution in [3.05, 3.63) is 33.3 Å². The van der Waals surface area contributed by atoms with Crippen molar-refractivity contribution in [2.45, 2.75) is 12.1 Å². The maximum Gasteiger partial charge on any atom is 0.0963 e. The molecular weight excluding hydrogens is 269 g/mol. The van der Waals surface area contributed by atoms with Crippen LogP contribution in [0.4, 0.5) is 0 Å². The molecule has 1 aromatic carbocycles. The lowest BCUT2D eigenvalue weighted by atomic mass is 10.0. The van der Waals surface area contributed by atoms with Crippen LogP contribution in [0, 0.1) is 0 Å². The van der Waals surface area contributed by atoms with E-state index < -0.39 is 12.1 Å². The van der Waals surface area contributed by atoms with E-state index in [4.69, 9.17) is 22.4 Å². The molecular formula is C9H11BrClNO2. The van der Waals surface area contributed by atoms with Crippen LogP contribution < -0.4 is 5.73 Å². The van der Waals surface area contributed by atoms with Crippen molar-refractivity contribution in [3.63, 3.8) is 0 Å². The summed E-state index contributed by atoms with van der Waals surface area (Å²) in [5.74, 6) is 0. The molecule has 0 aliphatic carbocycles. The van der Waals surface area contributed by atoms with Crippen molar-refractivity contribution in [2.75, 3.05) is 6.61 Å². The van der Waals surface area contributed by atoms with Crippen LogP contribution in [-0.4, -0.2) is 22.9 Å². The summed E-state index contributed by atoms with van der Waals surface area (Å²) < 4.78 is 0.695. The van der Waals surface area contributed by atoms with Gasteiger partial charge in [0.15, 0.2) is 0 Å². The first-order valence-electron chi connectivity index (χ1n) is 4.05. The summed E-state index contributed by atoms with van der Waals surface area (Å²) in [5, 5.41) is 19.0. The van der Waals surface area contributed by atoms with Crippen LogP contribution in [0.25, 0.3) is 0 Å². The molecule has 0 spiro atoms.